The van der Waals surface area contributed by atoms with Crippen LogP contribution in [0.3, 0.4) is 0 Å². The molecule has 1 N–H and O–H groups in total. The van der Waals surface area contributed by atoms with E-state index in [0.717, 1.165) is 35.5 Å². The number of benzene rings is 1. The highest BCUT2D eigenvalue weighted by Gasteiger charge is 2.28. The maximum Gasteiger partial charge on any atom is 0.341 e. The fourth-order valence-electron chi connectivity index (χ4n) is 2.94. The highest BCUT2D eigenvalue weighted by atomic mass is 35.5. The van der Waals surface area contributed by atoms with Crippen LogP contribution in [0.25, 0.3) is 6.08 Å². The van der Waals surface area contributed by atoms with Gasteiger partial charge in [-0.1, -0.05) is 23.7 Å². The monoisotopic (exact) mass is 404 g/mol. The summed E-state index contributed by atoms with van der Waals surface area (Å²) in [5.41, 5.74) is 2.36. The number of nitrogens with zero attached hydrogens (tertiary/aromatic N) is 1. The molecule has 0 fully saturated rings. The van der Waals surface area contributed by atoms with Crippen molar-refractivity contribution in [3.8, 4) is 0 Å². The van der Waals surface area contributed by atoms with E-state index in [1.165, 1.54) is 17.4 Å². The zero-order valence-corrected chi connectivity index (χ0v) is 16.8. The molecule has 1 aliphatic heterocycles. The molecular formula is C20H21ClN2O3S. The van der Waals surface area contributed by atoms with E-state index in [-0.39, 0.29) is 11.9 Å². The van der Waals surface area contributed by atoms with Crippen LogP contribution in [0.4, 0.5) is 5.00 Å². The molecule has 0 atom stereocenters. The molecule has 2 aromatic rings. The minimum atomic E-state index is -0.378. The van der Waals surface area contributed by atoms with Crippen molar-refractivity contribution in [2.45, 2.75) is 19.9 Å². The third-order valence-electron chi connectivity index (χ3n) is 4.26. The third-order valence-corrected chi connectivity index (χ3v) is 5.65. The van der Waals surface area contributed by atoms with Crippen LogP contribution < -0.4 is 5.32 Å². The molecule has 1 amide bonds. The van der Waals surface area contributed by atoms with Gasteiger partial charge in [0.05, 0.1) is 12.2 Å². The van der Waals surface area contributed by atoms with Crippen molar-refractivity contribution in [1.29, 1.82) is 0 Å². The maximum absolute atomic E-state index is 12.5. The highest BCUT2D eigenvalue weighted by molar-refractivity contribution is 7.17. The zero-order valence-electron chi connectivity index (χ0n) is 15.3. The number of likely N-dealkylation sites (N-methyl/N-ethyl adjacent to an activating group) is 1. The number of hydrogen-bond acceptors (Lipinski definition) is 5. The minimum Gasteiger partial charge on any atom is -0.462 e. The number of halogens is 1. The summed E-state index contributed by atoms with van der Waals surface area (Å²) >= 11 is 7.31. The summed E-state index contributed by atoms with van der Waals surface area (Å²) in [6.45, 7) is 3.72. The molecule has 0 bridgehead atoms. The lowest BCUT2D eigenvalue weighted by molar-refractivity contribution is -0.111. The predicted octanol–water partition coefficient (Wildman–Crippen LogP) is 4.22. The Balaban J connectivity index is 1.81. The van der Waals surface area contributed by atoms with Gasteiger partial charge in [-0.2, -0.15) is 0 Å². The predicted molar refractivity (Wildman–Crippen MR) is 109 cm³/mol. The fourth-order valence-corrected chi connectivity index (χ4v) is 4.38. The summed E-state index contributed by atoms with van der Waals surface area (Å²) in [7, 11) is 2.04. The number of esters is 1. The quantitative estimate of drug-likeness (QED) is 0.598. The standard InChI is InChI=1S/C20H21ClN2O3S/c1-3-26-20(25)18-15-10-11-23(2)12-16(15)27-19(18)22-17(24)9-6-13-4-7-14(21)8-5-13/h4-9H,3,10-12H2,1-2H3,(H,22,24)/b9-6+. The molecule has 142 valence electrons. The Hall–Kier alpha value is -2.15. The topological polar surface area (TPSA) is 58.6 Å². The average molecular weight is 405 g/mol. The van der Waals surface area contributed by atoms with Gasteiger partial charge in [-0.05, 0) is 49.7 Å². The molecule has 1 aromatic heterocycles. The molecule has 0 unspecified atom stereocenters. The van der Waals surface area contributed by atoms with E-state index < -0.39 is 0 Å². The van der Waals surface area contributed by atoms with Crippen LogP contribution in [0.1, 0.15) is 33.3 Å². The Morgan fingerprint density at radius 3 is 2.78 bits per heavy atom. The summed E-state index contributed by atoms with van der Waals surface area (Å²) in [5, 5.41) is 4.05. The summed E-state index contributed by atoms with van der Waals surface area (Å²) in [5.74, 6) is -0.668. The molecule has 7 heteroatoms. The summed E-state index contributed by atoms with van der Waals surface area (Å²) in [4.78, 5) is 28.1. The zero-order chi connectivity index (χ0) is 19.4. The summed E-state index contributed by atoms with van der Waals surface area (Å²) in [6.07, 6.45) is 3.92. The maximum atomic E-state index is 12.5. The van der Waals surface area contributed by atoms with Crippen LogP contribution in [-0.4, -0.2) is 37.0 Å². The van der Waals surface area contributed by atoms with Crippen LogP contribution >= 0.6 is 22.9 Å². The average Bonchev–Trinajstić information content (AvgIpc) is 2.98. The molecule has 2 heterocycles. The van der Waals surface area contributed by atoms with Gasteiger partial charge in [0.15, 0.2) is 0 Å². The Labute approximate surface area is 167 Å². The summed E-state index contributed by atoms with van der Waals surface area (Å²) < 4.78 is 5.21. The first kappa shape index (κ1) is 19.6. The first-order chi connectivity index (χ1) is 13.0. The second-order valence-electron chi connectivity index (χ2n) is 6.29. The van der Waals surface area contributed by atoms with E-state index in [1.54, 1.807) is 25.1 Å². The molecular weight excluding hydrogens is 384 g/mol. The number of nitrogens with one attached hydrogen (secondary N) is 1. The lowest BCUT2D eigenvalue weighted by atomic mass is 10.0. The molecule has 27 heavy (non-hydrogen) atoms. The van der Waals surface area contributed by atoms with Crippen molar-refractivity contribution in [2.24, 2.45) is 0 Å². The first-order valence-electron chi connectivity index (χ1n) is 8.72. The molecule has 1 aliphatic rings. The van der Waals surface area contributed by atoms with Gasteiger partial charge in [0, 0.05) is 29.1 Å². The number of rotatable bonds is 5. The van der Waals surface area contributed by atoms with Crippen molar-refractivity contribution < 1.29 is 14.3 Å². The SMILES string of the molecule is CCOC(=O)c1c(NC(=O)/C=C/c2ccc(Cl)cc2)sc2c1CCN(C)C2. The molecule has 0 radical (unpaired) electrons. The van der Waals surface area contributed by atoms with E-state index >= 15 is 0 Å². The van der Waals surface area contributed by atoms with Gasteiger partial charge in [0.2, 0.25) is 5.91 Å². The minimum absolute atomic E-state index is 0.289. The molecule has 0 saturated carbocycles. The van der Waals surface area contributed by atoms with Gasteiger partial charge in [-0.3, -0.25) is 4.79 Å². The summed E-state index contributed by atoms with van der Waals surface area (Å²) in [6, 6.07) is 7.19. The van der Waals surface area contributed by atoms with Gasteiger partial charge >= 0.3 is 5.97 Å². The molecule has 5 nitrogen and oxygen atoms in total. The van der Waals surface area contributed by atoms with Crippen molar-refractivity contribution in [3.05, 3.63) is 56.9 Å². The number of carbonyl (C=O) groups is 2. The van der Waals surface area contributed by atoms with Gasteiger partial charge in [0.25, 0.3) is 0 Å². The van der Waals surface area contributed by atoms with Gasteiger partial charge < -0.3 is 15.0 Å². The van der Waals surface area contributed by atoms with Gasteiger partial charge in [0.1, 0.15) is 5.00 Å². The third kappa shape index (κ3) is 4.77. The Kier molecular flexibility index (Phi) is 6.31. The number of thiophene rings is 1. The Morgan fingerprint density at radius 1 is 1.33 bits per heavy atom. The first-order valence-corrected chi connectivity index (χ1v) is 9.92. The largest absolute Gasteiger partial charge is 0.462 e. The van der Waals surface area contributed by atoms with Crippen LogP contribution in [0.15, 0.2) is 30.3 Å². The van der Waals surface area contributed by atoms with Crippen molar-refractivity contribution in [3.63, 3.8) is 0 Å². The molecule has 3 rings (SSSR count). The number of ether oxygens (including phenoxy) is 1. The molecule has 1 aromatic carbocycles. The van der Waals surface area contributed by atoms with Gasteiger partial charge in [-0.25, -0.2) is 4.79 Å². The van der Waals surface area contributed by atoms with E-state index in [0.29, 0.717) is 22.2 Å². The van der Waals surface area contributed by atoms with Crippen LogP contribution in [0.5, 0.6) is 0 Å². The highest BCUT2D eigenvalue weighted by Crippen LogP contribution is 2.37. The number of anilines is 1. The second-order valence-corrected chi connectivity index (χ2v) is 7.83. The van der Waals surface area contributed by atoms with Crippen molar-refractivity contribution >= 4 is 45.9 Å². The molecule has 0 saturated heterocycles. The number of hydrogen-bond donors (Lipinski definition) is 1. The van der Waals surface area contributed by atoms with Crippen molar-refractivity contribution in [1.82, 2.24) is 4.90 Å². The smallest absolute Gasteiger partial charge is 0.341 e. The Bertz CT molecular complexity index is 874. The normalized spacial score (nSPS) is 14.2. The van der Waals surface area contributed by atoms with Crippen LogP contribution in [0, 0.1) is 0 Å². The fraction of sp³-hybridized carbons (Fsp3) is 0.300. The number of fused-ring (bicyclic) bond motifs is 1. The van der Waals surface area contributed by atoms with Crippen LogP contribution in [0.2, 0.25) is 5.02 Å². The number of carbonyl (C=O) groups excluding carboxylic acids is 2. The van der Waals surface area contributed by atoms with Gasteiger partial charge in [-0.15, -0.1) is 11.3 Å². The van der Waals surface area contributed by atoms with Crippen LogP contribution in [-0.2, 0) is 22.5 Å². The lowest BCUT2D eigenvalue weighted by Crippen LogP contribution is -2.26. The second kappa shape index (κ2) is 8.69. The van der Waals surface area contributed by atoms with E-state index in [1.807, 2.05) is 19.2 Å². The van der Waals surface area contributed by atoms with E-state index in [2.05, 4.69) is 10.2 Å². The Morgan fingerprint density at radius 2 is 2.07 bits per heavy atom. The lowest BCUT2D eigenvalue weighted by Gasteiger charge is -2.22. The van der Waals surface area contributed by atoms with Crippen molar-refractivity contribution in [2.75, 3.05) is 25.5 Å². The molecule has 0 aliphatic carbocycles. The number of amides is 1. The molecule has 0 spiro atoms. The van der Waals surface area contributed by atoms with E-state index in [9.17, 15) is 9.59 Å². The van der Waals surface area contributed by atoms with E-state index in [4.69, 9.17) is 16.3 Å².